The SMILES string of the molecule is CCC1=CC=CC(CC)(CC)C1. The Hall–Kier alpha value is -0.520. The minimum atomic E-state index is 0.486. The van der Waals surface area contributed by atoms with Gasteiger partial charge in [-0.15, -0.1) is 0 Å². The zero-order chi connectivity index (χ0) is 9.03. The van der Waals surface area contributed by atoms with E-state index in [0.29, 0.717) is 5.41 Å². The average Bonchev–Trinajstić information content (AvgIpc) is 2.18. The molecule has 0 N–H and O–H groups in total. The van der Waals surface area contributed by atoms with Gasteiger partial charge in [0.25, 0.3) is 0 Å². The van der Waals surface area contributed by atoms with E-state index in [-0.39, 0.29) is 0 Å². The molecule has 1 aliphatic carbocycles. The van der Waals surface area contributed by atoms with Gasteiger partial charge in [0.2, 0.25) is 0 Å². The molecule has 1 rings (SSSR count). The lowest BCUT2D eigenvalue weighted by molar-refractivity contribution is 0.342. The van der Waals surface area contributed by atoms with Crippen LogP contribution in [0.4, 0.5) is 0 Å². The molecule has 0 amide bonds. The number of hydrogen-bond acceptors (Lipinski definition) is 0. The molecule has 12 heavy (non-hydrogen) atoms. The topological polar surface area (TPSA) is 0 Å². The fraction of sp³-hybridized carbons (Fsp3) is 0.667. The molecule has 0 heterocycles. The van der Waals surface area contributed by atoms with Crippen LogP contribution in [0.2, 0.25) is 0 Å². The van der Waals surface area contributed by atoms with Crippen molar-refractivity contribution in [2.45, 2.75) is 46.5 Å². The minimum absolute atomic E-state index is 0.486. The van der Waals surface area contributed by atoms with Crippen LogP contribution in [0.3, 0.4) is 0 Å². The summed E-state index contributed by atoms with van der Waals surface area (Å²) in [5.74, 6) is 0. The molecule has 0 aromatic rings. The lowest BCUT2D eigenvalue weighted by atomic mass is 9.74. The second kappa shape index (κ2) is 3.93. The van der Waals surface area contributed by atoms with E-state index in [4.69, 9.17) is 0 Å². The molecule has 0 fully saturated rings. The monoisotopic (exact) mass is 164 g/mol. The van der Waals surface area contributed by atoms with Crippen molar-refractivity contribution in [2.75, 3.05) is 0 Å². The van der Waals surface area contributed by atoms with Gasteiger partial charge in [-0.2, -0.15) is 0 Å². The highest BCUT2D eigenvalue weighted by atomic mass is 14.3. The highest BCUT2D eigenvalue weighted by Crippen LogP contribution is 2.38. The van der Waals surface area contributed by atoms with E-state index in [1.54, 1.807) is 5.57 Å². The van der Waals surface area contributed by atoms with E-state index in [0.717, 1.165) is 0 Å². The molecule has 0 aromatic heterocycles. The lowest BCUT2D eigenvalue weighted by Crippen LogP contribution is -2.18. The van der Waals surface area contributed by atoms with Crippen LogP contribution in [0.5, 0.6) is 0 Å². The van der Waals surface area contributed by atoms with E-state index in [2.05, 4.69) is 39.0 Å². The van der Waals surface area contributed by atoms with Crippen LogP contribution >= 0.6 is 0 Å². The third kappa shape index (κ3) is 1.80. The Balaban J connectivity index is 2.73. The Morgan fingerprint density at radius 1 is 1.25 bits per heavy atom. The maximum atomic E-state index is 2.40. The van der Waals surface area contributed by atoms with Crippen molar-refractivity contribution in [3.63, 3.8) is 0 Å². The first-order valence-corrected chi connectivity index (χ1v) is 5.13. The van der Waals surface area contributed by atoms with Crippen LogP contribution in [0.1, 0.15) is 46.5 Å². The van der Waals surface area contributed by atoms with Crippen molar-refractivity contribution >= 4 is 0 Å². The maximum Gasteiger partial charge on any atom is -0.00831 e. The number of allylic oxidation sites excluding steroid dienone is 4. The van der Waals surface area contributed by atoms with E-state index in [9.17, 15) is 0 Å². The molecule has 0 aromatic carbocycles. The molecule has 1 aliphatic rings. The third-order valence-corrected chi connectivity index (χ3v) is 3.22. The van der Waals surface area contributed by atoms with Gasteiger partial charge in [-0.3, -0.25) is 0 Å². The average molecular weight is 164 g/mol. The van der Waals surface area contributed by atoms with Crippen molar-refractivity contribution in [1.29, 1.82) is 0 Å². The minimum Gasteiger partial charge on any atom is -0.0780 e. The summed E-state index contributed by atoms with van der Waals surface area (Å²) in [4.78, 5) is 0. The highest BCUT2D eigenvalue weighted by molar-refractivity contribution is 5.23. The fourth-order valence-corrected chi connectivity index (χ4v) is 1.94. The summed E-state index contributed by atoms with van der Waals surface area (Å²) in [5.41, 5.74) is 2.10. The molecule has 0 unspecified atom stereocenters. The molecule has 0 bridgehead atoms. The molecule has 0 heteroatoms. The van der Waals surface area contributed by atoms with Gasteiger partial charge >= 0.3 is 0 Å². The van der Waals surface area contributed by atoms with Gasteiger partial charge in [-0.05, 0) is 31.1 Å². The molecule has 0 spiro atoms. The van der Waals surface area contributed by atoms with E-state index >= 15 is 0 Å². The Morgan fingerprint density at radius 3 is 2.42 bits per heavy atom. The summed E-state index contributed by atoms with van der Waals surface area (Å²) < 4.78 is 0. The van der Waals surface area contributed by atoms with Gasteiger partial charge in [0.1, 0.15) is 0 Å². The van der Waals surface area contributed by atoms with Crippen LogP contribution in [0, 0.1) is 5.41 Å². The Labute approximate surface area is 76.4 Å². The van der Waals surface area contributed by atoms with Crippen molar-refractivity contribution in [3.05, 3.63) is 23.8 Å². The lowest BCUT2D eigenvalue weighted by Gasteiger charge is -2.31. The molecule has 0 aliphatic heterocycles. The van der Waals surface area contributed by atoms with E-state index < -0.39 is 0 Å². The largest absolute Gasteiger partial charge is 0.0780 e. The molecule has 68 valence electrons. The second-order valence-electron chi connectivity index (χ2n) is 3.78. The zero-order valence-corrected chi connectivity index (χ0v) is 8.56. The molecule has 0 atom stereocenters. The molecule has 0 saturated heterocycles. The normalized spacial score (nSPS) is 20.8. The molecular formula is C12H20. The van der Waals surface area contributed by atoms with Crippen molar-refractivity contribution in [3.8, 4) is 0 Å². The predicted octanol–water partition coefficient (Wildman–Crippen LogP) is 4.09. The Kier molecular flexibility index (Phi) is 3.13. The van der Waals surface area contributed by atoms with Crippen molar-refractivity contribution in [1.82, 2.24) is 0 Å². The summed E-state index contributed by atoms with van der Waals surface area (Å²) in [7, 11) is 0. The Morgan fingerprint density at radius 2 is 1.92 bits per heavy atom. The van der Waals surface area contributed by atoms with Gasteiger partial charge in [0, 0.05) is 0 Å². The summed E-state index contributed by atoms with van der Waals surface area (Å²) in [6, 6.07) is 0. The first-order valence-electron chi connectivity index (χ1n) is 5.13. The van der Waals surface area contributed by atoms with Gasteiger partial charge in [-0.25, -0.2) is 0 Å². The molecule has 0 saturated carbocycles. The molecule has 0 nitrogen and oxygen atoms in total. The van der Waals surface area contributed by atoms with Gasteiger partial charge < -0.3 is 0 Å². The summed E-state index contributed by atoms with van der Waals surface area (Å²) in [6.07, 6.45) is 12.0. The summed E-state index contributed by atoms with van der Waals surface area (Å²) in [6.45, 7) is 6.85. The molecular weight excluding hydrogens is 144 g/mol. The van der Waals surface area contributed by atoms with Crippen LogP contribution in [0.25, 0.3) is 0 Å². The first-order chi connectivity index (χ1) is 5.76. The standard InChI is InChI=1S/C12H20/c1-4-11-8-7-9-12(5-2,6-3)10-11/h7-9H,4-6,10H2,1-3H3. The van der Waals surface area contributed by atoms with E-state index in [1.807, 2.05) is 0 Å². The quantitative estimate of drug-likeness (QED) is 0.589. The van der Waals surface area contributed by atoms with Gasteiger partial charge in [0.05, 0.1) is 0 Å². The van der Waals surface area contributed by atoms with Crippen molar-refractivity contribution < 1.29 is 0 Å². The van der Waals surface area contributed by atoms with Crippen molar-refractivity contribution in [2.24, 2.45) is 5.41 Å². The number of rotatable bonds is 3. The zero-order valence-electron chi connectivity index (χ0n) is 8.56. The highest BCUT2D eigenvalue weighted by Gasteiger charge is 2.24. The third-order valence-electron chi connectivity index (χ3n) is 3.22. The smallest absolute Gasteiger partial charge is 0.00831 e. The van der Waals surface area contributed by atoms with Gasteiger partial charge in [-0.1, -0.05) is 44.6 Å². The molecule has 0 radical (unpaired) electrons. The first kappa shape index (κ1) is 9.57. The Bertz CT molecular complexity index is 192. The van der Waals surface area contributed by atoms with Crippen LogP contribution in [0.15, 0.2) is 23.8 Å². The van der Waals surface area contributed by atoms with E-state index in [1.165, 1.54) is 25.7 Å². The second-order valence-corrected chi connectivity index (χ2v) is 3.78. The van der Waals surface area contributed by atoms with Crippen LogP contribution in [-0.4, -0.2) is 0 Å². The summed E-state index contributed by atoms with van der Waals surface area (Å²) in [5, 5.41) is 0. The van der Waals surface area contributed by atoms with Gasteiger partial charge in [0.15, 0.2) is 0 Å². The predicted molar refractivity (Wildman–Crippen MR) is 55.1 cm³/mol. The number of hydrogen-bond donors (Lipinski definition) is 0. The maximum absolute atomic E-state index is 2.40. The van der Waals surface area contributed by atoms with Crippen LogP contribution < -0.4 is 0 Å². The fourth-order valence-electron chi connectivity index (χ4n) is 1.94. The summed E-state index contributed by atoms with van der Waals surface area (Å²) >= 11 is 0. The van der Waals surface area contributed by atoms with Crippen LogP contribution in [-0.2, 0) is 0 Å².